The summed E-state index contributed by atoms with van der Waals surface area (Å²) >= 11 is 5.86. The van der Waals surface area contributed by atoms with Crippen molar-refractivity contribution in [2.24, 2.45) is 0 Å². The summed E-state index contributed by atoms with van der Waals surface area (Å²) in [6, 6.07) is 13.1. The predicted octanol–water partition coefficient (Wildman–Crippen LogP) is 3.71. The third-order valence-electron chi connectivity index (χ3n) is 3.50. The summed E-state index contributed by atoms with van der Waals surface area (Å²) in [5.74, 6) is -1.58. The molecule has 0 heterocycles. The standard InChI is InChI=1S/C20H18ClNO5/c1-13(19(24)22-17-5-3-4-16(21)12-17)27-18(23)11-8-14-6-9-15(10-7-14)20(25)26-2/h3-13H,1-2H3,(H,22,24)/b11-8+. The third kappa shape index (κ3) is 6.27. The number of esters is 2. The highest BCUT2D eigenvalue weighted by atomic mass is 35.5. The molecule has 2 aromatic carbocycles. The van der Waals surface area contributed by atoms with Gasteiger partial charge in [0.1, 0.15) is 0 Å². The first-order chi connectivity index (χ1) is 12.9. The minimum atomic E-state index is -0.983. The molecular formula is C20H18ClNO5. The highest BCUT2D eigenvalue weighted by Crippen LogP contribution is 2.15. The van der Waals surface area contributed by atoms with Gasteiger partial charge in [-0.3, -0.25) is 4.79 Å². The number of benzene rings is 2. The second-order valence-electron chi connectivity index (χ2n) is 5.53. The Kier molecular flexibility index (Phi) is 7.14. The van der Waals surface area contributed by atoms with Gasteiger partial charge in [0, 0.05) is 16.8 Å². The van der Waals surface area contributed by atoms with E-state index in [-0.39, 0.29) is 0 Å². The minimum absolute atomic E-state index is 0.406. The quantitative estimate of drug-likeness (QED) is 0.603. The molecule has 27 heavy (non-hydrogen) atoms. The lowest BCUT2D eigenvalue weighted by molar-refractivity contribution is -0.148. The third-order valence-corrected chi connectivity index (χ3v) is 3.73. The molecule has 0 aliphatic heterocycles. The highest BCUT2D eigenvalue weighted by Gasteiger charge is 2.16. The number of ether oxygens (including phenoxy) is 2. The van der Waals surface area contributed by atoms with Crippen LogP contribution < -0.4 is 5.32 Å². The molecule has 0 saturated carbocycles. The minimum Gasteiger partial charge on any atom is -0.465 e. The van der Waals surface area contributed by atoms with E-state index in [2.05, 4.69) is 10.1 Å². The van der Waals surface area contributed by atoms with Crippen molar-refractivity contribution < 1.29 is 23.9 Å². The normalized spacial score (nSPS) is 11.7. The van der Waals surface area contributed by atoms with Gasteiger partial charge in [0.25, 0.3) is 5.91 Å². The molecule has 1 amide bonds. The first-order valence-electron chi connectivity index (χ1n) is 8.02. The molecule has 0 aliphatic rings. The van der Waals surface area contributed by atoms with Crippen molar-refractivity contribution >= 4 is 41.2 Å². The van der Waals surface area contributed by atoms with Crippen LogP contribution in [-0.2, 0) is 19.1 Å². The molecule has 1 atom stereocenters. The highest BCUT2D eigenvalue weighted by molar-refractivity contribution is 6.30. The molecule has 0 fully saturated rings. The Morgan fingerprint density at radius 1 is 1.11 bits per heavy atom. The van der Waals surface area contributed by atoms with Crippen molar-refractivity contribution in [1.29, 1.82) is 0 Å². The average Bonchev–Trinajstić information content (AvgIpc) is 2.66. The number of anilines is 1. The zero-order chi connectivity index (χ0) is 19.8. The fourth-order valence-electron chi connectivity index (χ4n) is 2.09. The molecule has 140 valence electrons. The van der Waals surface area contributed by atoms with Crippen LogP contribution in [0.25, 0.3) is 6.08 Å². The van der Waals surface area contributed by atoms with E-state index in [4.69, 9.17) is 16.3 Å². The van der Waals surface area contributed by atoms with Gasteiger partial charge in [0.15, 0.2) is 6.10 Å². The van der Waals surface area contributed by atoms with Gasteiger partial charge >= 0.3 is 11.9 Å². The molecule has 0 spiro atoms. The first-order valence-corrected chi connectivity index (χ1v) is 8.40. The maximum atomic E-state index is 12.1. The summed E-state index contributed by atoms with van der Waals surface area (Å²) in [6.45, 7) is 1.47. The van der Waals surface area contributed by atoms with Gasteiger partial charge in [-0.15, -0.1) is 0 Å². The Bertz CT molecular complexity index is 861. The first kappa shape index (κ1) is 20.2. The van der Waals surface area contributed by atoms with E-state index >= 15 is 0 Å². The smallest absolute Gasteiger partial charge is 0.337 e. The summed E-state index contributed by atoms with van der Waals surface area (Å²) in [5.41, 5.74) is 1.61. The number of carbonyl (C=O) groups is 3. The fourth-order valence-corrected chi connectivity index (χ4v) is 2.28. The zero-order valence-corrected chi connectivity index (χ0v) is 15.5. The van der Waals surface area contributed by atoms with Gasteiger partial charge in [-0.05, 0) is 48.9 Å². The number of methoxy groups -OCH3 is 1. The second kappa shape index (κ2) is 9.54. The van der Waals surface area contributed by atoms with E-state index < -0.39 is 23.9 Å². The van der Waals surface area contributed by atoms with Crippen LogP contribution in [0, 0.1) is 0 Å². The van der Waals surface area contributed by atoms with Crippen molar-refractivity contribution in [2.45, 2.75) is 13.0 Å². The Morgan fingerprint density at radius 2 is 1.81 bits per heavy atom. The van der Waals surface area contributed by atoms with E-state index in [9.17, 15) is 14.4 Å². The van der Waals surface area contributed by atoms with Crippen molar-refractivity contribution in [3.8, 4) is 0 Å². The molecular weight excluding hydrogens is 370 g/mol. The Balaban J connectivity index is 1.89. The molecule has 2 aromatic rings. The van der Waals surface area contributed by atoms with Crippen LogP contribution in [0.2, 0.25) is 5.02 Å². The molecule has 0 aromatic heterocycles. The fraction of sp³-hybridized carbons (Fsp3) is 0.150. The molecule has 0 bridgehead atoms. The van der Waals surface area contributed by atoms with Crippen LogP contribution in [0.4, 0.5) is 5.69 Å². The maximum absolute atomic E-state index is 12.1. The van der Waals surface area contributed by atoms with Gasteiger partial charge in [0.05, 0.1) is 12.7 Å². The van der Waals surface area contributed by atoms with Crippen LogP contribution >= 0.6 is 11.6 Å². The van der Waals surface area contributed by atoms with E-state index in [1.807, 2.05) is 0 Å². The lowest BCUT2D eigenvalue weighted by atomic mass is 10.1. The van der Waals surface area contributed by atoms with Gasteiger partial charge < -0.3 is 14.8 Å². The molecule has 0 aliphatic carbocycles. The molecule has 2 rings (SSSR count). The van der Waals surface area contributed by atoms with Crippen molar-refractivity contribution in [3.63, 3.8) is 0 Å². The molecule has 0 radical (unpaired) electrons. The number of carbonyl (C=O) groups excluding carboxylic acids is 3. The monoisotopic (exact) mass is 387 g/mol. The number of halogens is 1. The molecule has 1 unspecified atom stereocenters. The second-order valence-corrected chi connectivity index (χ2v) is 5.96. The summed E-state index contributed by atoms with van der Waals surface area (Å²) in [7, 11) is 1.30. The predicted molar refractivity (Wildman–Crippen MR) is 102 cm³/mol. The zero-order valence-electron chi connectivity index (χ0n) is 14.8. The average molecular weight is 388 g/mol. The molecule has 7 heteroatoms. The van der Waals surface area contributed by atoms with Crippen LogP contribution in [-0.4, -0.2) is 31.1 Å². The number of hydrogen-bond acceptors (Lipinski definition) is 5. The summed E-state index contributed by atoms with van der Waals surface area (Å²) < 4.78 is 9.68. The van der Waals surface area contributed by atoms with Crippen LogP contribution in [0.3, 0.4) is 0 Å². The number of amides is 1. The SMILES string of the molecule is COC(=O)c1ccc(/C=C/C(=O)OC(C)C(=O)Nc2cccc(Cl)c2)cc1. The van der Waals surface area contributed by atoms with Crippen molar-refractivity contribution in [2.75, 3.05) is 12.4 Å². The van der Waals surface area contributed by atoms with Gasteiger partial charge in [-0.25, -0.2) is 9.59 Å². The van der Waals surface area contributed by atoms with Crippen LogP contribution in [0.1, 0.15) is 22.8 Å². The lowest BCUT2D eigenvalue weighted by Crippen LogP contribution is -2.29. The van der Waals surface area contributed by atoms with E-state index in [1.165, 1.54) is 26.2 Å². The van der Waals surface area contributed by atoms with Gasteiger partial charge in [0.2, 0.25) is 0 Å². The molecule has 0 saturated heterocycles. The Morgan fingerprint density at radius 3 is 2.44 bits per heavy atom. The van der Waals surface area contributed by atoms with E-state index in [1.54, 1.807) is 48.5 Å². The number of rotatable bonds is 6. The van der Waals surface area contributed by atoms with E-state index in [0.29, 0.717) is 21.8 Å². The molecule has 6 nitrogen and oxygen atoms in total. The van der Waals surface area contributed by atoms with Gasteiger partial charge in [-0.1, -0.05) is 29.8 Å². The van der Waals surface area contributed by atoms with Crippen molar-refractivity contribution in [3.05, 3.63) is 70.8 Å². The van der Waals surface area contributed by atoms with Crippen molar-refractivity contribution in [1.82, 2.24) is 0 Å². The number of hydrogen-bond donors (Lipinski definition) is 1. The summed E-state index contributed by atoms with van der Waals surface area (Å²) in [5, 5.41) is 3.10. The maximum Gasteiger partial charge on any atom is 0.337 e. The topological polar surface area (TPSA) is 81.7 Å². The largest absolute Gasteiger partial charge is 0.465 e. The number of nitrogens with one attached hydrogen (secondary N) is 1. The van der Waals surface area contributed by atoms with E-state index in [0.717, 1.165) is 0 Å². The Labute approximate surface area is 161 Å². The molecule has 1 N–H and O–H groups in total. The van der Waals surface area contributed by atoms with Crippen LogP contribution in [0.5, 0.6) is 0 Å². The lowest BCUT2D eigenvalue weighted by Gasteiger charge is -2.12. The van der Waals surface area contributed by atoms with Crippen LogP contribution in [0.15, 0.2) is 54.6 Å². The summed E-state index contributed by atoms with van der Waals surface area (Å²) in [6.07, 6.45) is 1.74. The Hall–Kier alpha value is -3.12. The van der Waals surface area contributed by atoms with Gasteiger partial charge in [-0.2, -0.15) is 0 Å². The summed E-state index contributed by atoms with van der Waals surface area (Å²) in [4.78, 5) is 35.3.